The Morgan fingerprint density at radius 3 is 2.46 bits per heavy atom. The van der Waals surface area contributed by atoms with Gasteiger partial charge in [0.05, 0.1) is 24.0 Å². The van der Waals surface area contributed by atoms with Crippen molar-refractivity contribution >= 4 is 20.1 Å². The molecular weight excluding hydrogens is 322 g/mol. The molecule has 1 aromatic heterocycles. The number of rotatable bonds is 5. The molecule has 2 heterocycles. The van der Waals surface area contributed by atoms with Crippen molar-refractivity contribution in [3.05, 3.63) is 18.7 Å². The third-order valence-corrected chi connectivity index (χ3v) is 10.1. The van der Waals surface area contributed by atoms with Crippen molar-refractivity contribution in [2.45, 2.75) is 64.9 Å². The average molecular weight is 352 g/mol. The monoisotopic (exact) mass is 351 g/mol. The Morgan fingerprint density at radius 1 is 1.38 bits per heavy atom. The van der Waals surface area contributed by atoms with Gasteiger partial charge in [0.2, 0.25) is 11.8 Å². The summed E-state index contributed by atoms with van der Waals surface area (Å²) in [6.45, 7) is 14.7. The highest BCUT2D eigenvalue weighted by Crippen LogP contribution is 2.39. The molecule has 0 saturated carbocycles. The van der Waals surface area contributed by atoms with Crippen LogP contribution in [0, 0.1) is 11.8 Å². The first kappa shape index (κ1) is 18.9. The van der Waals surface area contributed by atoms with Crippen LogP contribution in [0.4, 0.5) is 0 Å². The van der Waals surface area contributed by atoms with E-state index in [1.165, 1.54) is 10.9 Å². The fourth-order valence-electron chi connectivity index (χ4n) is 2.85. The van der Waals surface area contributed by atoms with Gasteiger partial charge in [-0.15, -0.1) is 0 Å². The largest absolute Gasteiger partial charge is 0.413 e. The highest BCUT2D eigenvalue weighted by molar-refractivity contribution is 6.74. The molecule has 7 heteroatoms. The average Bonchev–Trinajstić information content (AvgIpc) is 2.95. The van der Waals surface area contributed by atoms with Gasteiger partial charge in [-0.05, 0) is 25.1 Å². The maximum absolute atomic E-state index is 12.5. The molecule has 0 bridgehead atoms. The van der Waals surface area contributed by atoms with Crippen molar-refractivity contribution in [3.63, 3.8) is 0 Å². The molecular formula is C17H29N3O3Si. The highest BCUT2D eigenvalue weighted by Gasteiger charge is 2.50. The maximum Gasteiger partial charge on any atom is 0.236 e. The Bertz CT molecular complexity index is 607. The van der Waals surface area contributed by atoms with E-state index in [0.29, 0.717) is 0 Å². The predicted molar refractivity (Wildman–Crippen MR) is 95.2 cm³/mol. The molecule has 2 rings (SSSR count). The van der Waals surface area contributed by atoms with E-state index < -0.39 is 8.32 Å². The summed E-state index contributed by atoms with van der Waals surface area (Å²) < 4.78 is 7.84. The van der Waals surface area contributed by atoms with Crippen LogP contribution in [0.2, 0.25) is 18.1 Å². The van der Waals surface area contributed by atoms with Gasteiger partial charge in [0.15, 0.2) is 8.32 Å². The zero-order valence-corrected chi connectivity index (χ0v) is 16.7. The maximum atomic E-state index is 12.5. The Kier molecular flexibility index (Phi) is 5.06. The van der Waals surface area contributed by atoms with E-state index in [1.807, 2.05) is 13.8 Å². The fraction of sp³-hybridized carbons (Fsp3) is 0.706. The van der Waals surface area contributed by atoms with Gasteiger partial charge in [-0.25, -0.2) is 4.98 Å². The molecule has 0 aliphatic carbocycles. The molecule has 1 fully saturated rings. The minimum Gasteiger partial charge on any atom is -0.413 e. The Morgan fingerprint density at radius 2 is 2.00 bits per heavy atom. The Labute approximate surface area is 145 Å². The molecule has 1 aliphatic rings. The van der Waals surface area contributed by atoms with Gasteiger partial charge in [-0.3, -0.25) is 14.2 Å². The second-order valence-corrected chi connectivity index (χ2v) is 13.0. The Hall–Kier alpha value is -1.47. The number of hydrogen-bond donors (Lipinski definition) is 1. The second kappa shape index (κ2) is 6.44. The number of nitrogens with one attached hydrogen (secondary N) is 1. The van der Waals surface area contributed by atoms with Gasteiger partial charge in [-0.2, -0.15) is 0 Å². The molecule has 2 unspecified atom stereocenters. The third-order valence-electron chi connectivity index (χ3n) is 5.48. The number of nitrogens with zero attached hydrogens (tertiary/aromatic N) is 2. The molecule has 134 valence electrons. The number of hydrogen-bond acceptors (Lipinski definition) is 4. The van der Waals surface area contributed by atoms with Crippen molar-refractivity contribution in [2.75, 3.05) is 0 Å². The zero-order valence-electron chi connectivity index (χ0n) is 15.7. The van der Waals surface area contributed by atoms with E-state index in [4.69, 9.17) is 4.43 Å². The quantitative estimate of drug-likeness (QED) is 0.654. The van der Waals surface area contributed by atoms with Gasteiger partial charge in [-0.1, -0.05) is 27.7 Å². The molecule has 1 N–H and O–H groups in total. The summed E-state index contributed by atoms with van der Waals surface area (Å²) in [6, 6.07) is -0.202. The predicted octanol–water partition coefficient (Wildman–Crippen LogP) is 2.68. The summed E-state index contributed by atoms with van der Waals surface area (Å²) in [4.78, 5) is 28.5. The van der Waals surface area contributed by atoms with E-state index in [2.05, 4.69) is 44.2 Å². The molecule has 0 aromatic carbocycles. The number of carbonyl (C=O) groups excluding carboxylic acids is 2. The van der Waals surface area contributed by atoms with Crippen LogP contribution in [-0.2, 0) is 9.22 Å². The number of amides is 1. The topological polar surface area (TPSA) is 73.2 Å². The van der Waals surface area contributed by atoms with Crippen LogP contribution in [0.3, 0.4) is 0 Å². The van der Waals surface area contributed by atoms with Gasteiger partial charge in [0.25, 0.3) is 0 Å². The molecule has 6 nitrogen and oxygen atoms in total. The van der Waals surface area contributed by atoms with Crippen LogP contribution in [0.25, 0.3) is 0 Å². The van der Waals surface area contributed by atoms with Gasteiger partial charge < -0.3 is 9.74 Å². The van der Waals surface area contributed by atoms with Gasteiger partial charge in [0, 0.05) is 12.4 Å². The third kappa shape index (κ3) is 3.47. The van der Waals surface area contributed by atoms with Crippen molar-refractivity contribution in [2.24, 2.45) is 11.8 Å². The molecule has 0 spiro atoms. The number of imidazole rings is 1. The van der Waals surface area contributed by atoms with E-state index in [1.54, 1.807) is 12.4 Å². The summed E-state index contributed by atoms with van der Waals surface area (Å²) in [7, 11) is -1.97. The summed E-state index contributed by atoms with van der Waals surface area (Å²) in [5, 5.41) is 2.96. The van der Waals surface area contributed by atoms with Gasteiger partial charge in [0.1, 0.15) is 6.33 Å². The molecule has 1 amide bonds. The molecule has 1 saturated heterocycles. The van der Waals surface area contributed by atoms with Crippen LogP contribution in [0.5, 0.6) is 0 Å². The summed E-state index contributed by atoms with van der Waals surface area (Å²) in [5.74, 6) is -0.715. The molecule has 0 radical (unpaired) electrons. The van der Waals surface area contributed by atoms with E-state index >= 15 is 0 Å². The van der Waals surface area contributed by atoms with E-state index in [-0.39, 0.29) is 40.8 Å². The normalized spacial score (nSPS) is 24.0. The van der Waals surface area contributed by atoms with Crippen molar-refractivity contribution < 1.29 is 14.0 Å². The standard InChI is InChI=1S/C17H29N3O3Si/c1-11(16(22)20-9-8-18-10-20)14-13(15(21)19-14)12(2)23-24(6,7)17(3,4)5/h8-14H,1-7H3,(H,19,21)/t11-,12-,13?,14?/m1/s1. The first-order valence-electron chi connectivity index (χ1n) is 8.46. The fourth-order valence-corrected chi connectivity index (χ4v) is 4.28. The first-order chi connectivity index (χ1) is 11.0. The first-order valence-corrected chi connectivity index (χ1v) is 11.4. The summed E-state index contributed by atoms with van der Waals surface area (Å²) in [5.41, 5.74) is 0. The molecule has 24 heavy (non-hydrogen) atoms. The van der Waals surface area contributed by atoms with Crippen LogP contribution in [0.1, 0.15) is 39.4 Å². The Balaban J connectivity index is 2.09. The smallest absolute Gasteiger partial charge is 0.236 e. The highest BCUT2D eigenvalue weighted by atomic mass is 28.4. The summed E-state index contributed by atoms with van der Waals surface area (Å²) in [6.07, 6.45) is 4.49. The minimum atomic E-state index is -1.97. The summed E-state index contributed by atoms with van der Waals surface area (Å²) >= 11 is 0. The molecule has 1 aliphatic heterocycles. The second-order valence-electron chi connectivity index (χ2n) is 8.24. The van der Waals surface area contributed by atoms with Crippen molar-refractivity contribution in [1.29, 1.82) is 0 Å². The SMILES string of the molecule is C[C@@H](O[Si](C)(C)C(C)(C)C)C1C(=O)NC1[C@@H](C)C(=O)n1ccnc1. The lowest BCUT2D eigenvalue weighted by molar-refractivity contribution is -0.141. The van der Waals surface area contributed by atoms with Crippen molar-refractivity contribution in [3.8, 4) is 0 Å². The van der Waals surface area contributed by atoms with Crippen LogP contribution in [-0.4, -0.2) is 41.8 Å². The zero-order chi connectivity index (χ0) is 18.3. The van der Waals surface area contributed by atoms with E-state index in [0.717, 1.165) is 0 Å². The van der Waals surface area contributed by atoms with Crippen molar-refractivity contribution in [1.82, 2.24) is 14.9 Å². The number of β-lactam (4-membered cyclic amide) rings is 1. The lowest BCUT2D eigenvalue weighted by atomic mass is 9.78. The lowest BCUT2D eigenvalue weighted by Gasteiger charge is -2.46. The molecule has 1 aromatic rings. The van der Waals surface area contributed by atoms with E-state index in [9.17, 15) is 9.59 Å². The molecule has 4 atom stereocenters. The number of carbonyl (C=O) groups is 2. The number of aromatic nitrogens is 2. The lowest BCUT2D eigenvalue weighted by Crippen LogP contribution is -2.67. The minimum absolute atomic E-state index is 0.0310. The van der Waals surface area contributed by atoms with Crippen LogP contribution >= 0.6 is 0 Å². The van der Waals surface area contributed by atoms with Crippen LogP contribution in [0.15, 0.2) is 18.7 Å². The van der Waals surface area contributed by atoms with Gasteiger partial charge >= 0.3 is 0 Å². The van der Waals surface area contributed by atoms with Crippen LogP contribution < -0.4 is 5.32 Å².